The van der Waals surface area contributed by atoms with E-state index < -0.39 is 0 Å². The molecule has 4 rings (SSSR count). The van der Waals surface area contributed by atoms with Crippen LogP contribution in [-0.4, -0.2) is 10.3 Å². The van der Waals surface area contributed by atoms with E-state index in [-0.39, 0.29) is 0 Å². The second-order valence-electron chi connectivity index (χ2n) is 5.35. The van der Waals surface area contributed by atoms with E-state index in [9.17, 15) is 0 Å². The lowest BCUT2D eigenvalue weighted by molar-refractivity contribution is 0.604. The average Bonchev–Trinajstić information content (AvgIpc) is 3.15. The number of aromatic nitrogens is 1. The molecule has 2 aromatic carbocycles. The quantitative estimate of drug-likeness (QED) is 0.401. The van der Waals surface area contributed by atoms with Crippen molar-refractivity contribution < 1.29 is 4.42 Å². The van der Waals surface area contributed by atoms with Gasteiger partial charge in [0.2, 0.25) is 4.80 Å². The lowest BCUT2D eigenvalue weighted by Crippen LogP contribution is -2.09. The Morgan fingerprint density at radius 1 is 1.09 bits per heavy atom. The summed E-state index contributed by atoms with van der Waals surface area (Å²) in [5.74, 6) is 0.749. The summed E-state index contributed by atoms with van der Waals surface area (Å²) in [6.07, 6.45) is 0. The zero-order valence-electron chi connectivity index (χ0n) is 12.9. The number of thiazole rings is 1. The third kappa shape index (κ3) is 2.49. The Morgan fingerprint density at radius 3 is 2.70 bits per heavy atom. The van der Waals surface area contributed by atoms with Crippen LogP contribution in [0.4, 0.5) is 0 Å². The predicted molar refractivity (Wildman–Crippen MR) is 94.8 cm³/mol. The molecule has 0 radical (unpaired) electrons. The van der Waals surface area contributed by atoms with E-state index in [1.54, 1.807) is 11.3 Å². The molecule has 0 atom stereocenters. The number of furan rings is 1. The van der Waals surface area contributed by atoms with Crippen molar-refractivity contribution >= 4 is 38.2 Å². The normalized spacial score (nSPS) is 13.3. The summed E-state index contributed by atoms with van der Waals surface area (Å²) in [4.78, 5) is 0.863. The summed E-state index contributed by atoms with van der Waals surface area (Å²) in [6, 6.07) is 18.2. The number of para-hydroxylation sites is 2. The molecule has 0 saturated carbocycles. The van der Waals surface area contributed by atoms with Crippen LogP contribution in [0.5, 0.6) is 0 Å². The summed E-state index contributed by atoms with van der Waals surface area (Å²) < 4.78 is 9.06. The van der Waals surface area contributed by atoms with Crippen LogP contribution in [0.1, 0.15) is 12.7 Å². The Balaban J connectivity index is 1.77. The number of nitrogens with zero attached hydrogens (tertiary/aromatic N) is 3. The van der Waals surface area contributed by atoms with Gasteiger partial charge in [-0.05, 0) is 31.2 Å². The number of benzene rings is 2. The molecule has 5 heteroatoms. The smallest absolute Gasteiger partial charge is 0.211 e. The molecule has 0 spiro atoms. The van der Waals surface area contributed by atoms with Gasteiger partial charge >= 0.3 is 0 Å². The first-order chi connectivity index (χ1) is 11.2. The van der Waals surface area contributed by atoms with E-state index in [2.05, 4.69) is 26.9 Å². The summed E-state index contributed by atoms with van der Waals surface area (Å²) in [5.41, 5.74) is 2.79. The number of fused-ring (bicyclic) bond motifs is 2. The summed E-state index contributed by atoms with van der Waals surface area (Å²) in [5, 5.41) is 9.83. The molecule has 4 aromatic rings. The van der Waals surface area contributed by atoms with Crippen molar-refractivity contribution in [3.05, 3.63) is 65.2 Å². The Morgan fingerprint density at radius 2 is 1.87 bits per heavy atom. The monoisotopic (exact) mass is 321 g/mol. The molecule has 0 unspecified atom stereocenters. The van der Waals surface area contributed by atoms with Gasteiger partial charge in [0.1, 0.15) is 11.3 Å². The molecule has 0 aliphatic carbocycles. The van der Waals surface area contributed by atoms with Crippen LogP contribution in [0, 0.1) is 0 Å². The van der Waals surface area contributed by atoms with Gasteiger partial charge in [0.25, 0.3) is 0 Å². The number of hydrogen-bond donors (Lipinski definition) is 0. The van der Waals surface area contributed by atoms with Gasteiger partial charge in [0.15, 0.2) is 5.76 Å². The molecule has 0 aliphatic rings. The fraction of sp³-hybridized carbons (Fsp3) is 0.111. The molecular weight excluding hydrogens is 306 g/mol. The third-order valence-electron chi connectivity index (χ3n) is 3.78. The highest BCUT2D eigenvalue weighted by molar-refractivity contribution is 7.16. The van der Waals surface area contributed by atoms with Gasteiger partial charge in [0, 0.05) is 12.4 Å². The van der Waals surface area contributed by atoms with Gasteiger partial charge in [-0.1, -0.05) is 41.7 Å². The fourth-order valence-corrected chi connectivity index (χ4v) is 3.47. The van der Waals surface area contributed by atoms with E-state index >= 15 is 0 Å². The van der Waals surface area contributed by atoms with Crippen LogP contribution in [-0.2, 0) is 7.05 Å². The first kappa shape index (κ1) is 14.0. The first-order valence-corrected chi connectivity index (χ1v) is 8.16. The average molecular weight is 321 g/mol. The molecule has 0 bridgehead atoms. The van der Waals surface area contributed by atoms with Crippen molar-refractivity contribution in [2.24, 2.45) is 17.3 Å². The largest absolute Gasteiger partial charge is 0.455 e. The summed E-state index contributed by atoms with van der Waals surface area (Å²) in [7, 11) is 2.00. The van der Waals surface area contributed by atoms with E-state index in [1.165, 1.54) is 4.70 Å². The fourth-order valence-electron chi connectivity index (χ4n) is 2.51. The zero-order valence-corrected chi connectivity index (χ0v) is 13.7. The van der Waals surface area contributed by atoms with Crippen molar-refractivity contribution in [1.82, 2.24) is 4.57 Å². The first-order valence-electron chi connectivity index (χ1n) is 7.34. The molecule has 0 amide bonds. The van der Waals surface area contributed by atoms with Gasteiger partial charge in [-0.15, -0.1) is 10.2 Å². The van der Waals surface area contributed by atoms with Crippen molar-refractivity contribution in [2.75, 3.05) is 0 Å². The molecule has 0 fully saturated rings. The van der Waals surface area contributed by atoms with Gasteiger partial charge < -0.3 is 8.98 Å². The molecule has 23 heavy (non-hydrogen) atoms. The maximum absolute atomic E-state index is 5.81. The van der Waals surface area contributed by atoms with Crippen LogP contribution in [0.2, 0.25) is 0 Å². The third-order valence-corrected chi connectivity index (χ3v) is 4.89. The Labute approximate surface area is 137 Å². The molecule has 0 saturated heterocycles. The highest BCUT2D eigenvalue weighted by atomic mass is 32.1. The lowest BCUT2D eigenvalue weighted by atomic mass is 10.2. The maximum atomic E-state index is 5.81. The molecule has 2 aromatic heterocycles. The molecule has 114 valence electrons. The van der Waals surface area contributed by atoms with E-state index in [0.717, 1.165) is 32.8 Å². The Bertz CT molecular complexity index is 1070. The molecule has 2 heterocycles. The SMILES string of the molecule is C/C(=N/N=c1/sc2ccccc2n1C)c1cc2ccccc2o1. The minimum absolute atomic E-state index is 0.749. The number of hydrogen-bond acceptors (Lipinski definition) is 4. The minimum atomic E-state index is 0.749. The molecule has 4 nitrogen and oxygen atoms in total. The summed E-state index contributed by atoms with van der Waals surface area (Å²) >= 11 is 1.62. The maximum Gasteiger partial charge on any atom is 0.211 e. The second kappa shape index (κ2) is 5.52. The second-order valence-corrected chi connectivity index (χ2v) is 6.35. The van der Waals surface area contributed by atoms with Crippen LogP contribution >= 0.6 is 11.3 Å². The van der Waals surface area contributed by atoms with Crippen molar-refractivity contribution in [2.45, 2.75) is 6.92 Å². The van der Waals surface area contributed by atoms with E-state index in [0.29, 0.717) is 0 Å². The van der Waals surface area contributed by atoms with Crippen LogP contribution in [0.15, 0.2) is 69.2 Å². The lowest BCUT2D eigenvalue weighted by Gasteiger charge is -1.93. The number of rotatable bonds is 2. The van der Waals surface area contributed by atoms with E-state index in [4.69, 9.17) is 4.42 Å². The Kier molecular flexibility index (Phi) is 3.35. The number of aryl methyl sites for hydroxylation is 1. The standard InChI is InChI=1S/C18H15N3OS/c1-12(16-11-13-7-3-5-9-15(13)22-16)19-20-18-21(2)14-8-4-6-10-17(14)23-18/h3-11H,1-2H3/b19-12-,20-18+. The van der Waals surface area contributed by atoms with Gasteiger partial charge in [-0.25, -0.2) is 0 Å². The van der Waals surface area contributed by atoms with Gasteiger partial charge in [-0.3, -0.25) is 0 Å². The minimum Gasteiger partial charge on any atom is -0.455 e. The van der Waals surface area contributed by atoms with Gasteiger partial charge in [0.05, 0.1) is 10.2 Å². The van der Waals surface area contributed by atoms with Crippen molar-refractivity contribution in [3.8, 4) is 0 Å². The van der Waals surface area contributed by atoms with Crippen molar-refractivity contribution in [1.29, 1.82) is 0 Å². The Hall–Kier alpha value is -2.66. The van der Waals surface area contributed by atoms with E-state index in [1.807, 2.05) is 56.4 Å². The molecule has 0 aliphatic heterocycles. The topological polar surface area (TPSA) is 42.8 Å². The van der Waals surface area contributed by atoms with Crippen molar-refractivity contribution in [3.63, 3.8) is 0 Å². The predicted octanol–water partition coefficient (Wildman–Crippen LogP) is 4.31. The summed E-state index contributed by atoms with van der Waals surface area (Å²) in [6.45, 7) is 1.91. The highest BCUT2D eigenvalue weighted by Gasteiger charge is 2.06. The molecular formula is C18H15N3OS. The van der Waals surface area contributed by atoms with Crippen LogP contribution in [0.3, 0.4) is 0 Å². The van der Waals surface area contributed by atoms with Gasteiger partial charge in [-0.2, -0.15) is 0 Å². The molecule has 0 N–H and O–H groups in total. The van der Waals surface area contributed by atoms with Crippen LogP contribution < -0.4 is 4.80 Å². The van der Waals surface area contributed by atoms with Crippen LogP contribution in [0.25, 0.3) is 21.2 Å². The zero-order chi connectivity index (χ0) is 15.8. The highest BCUT2D eigenvalue weighted by Crippen LogP contribution is 2.19.